The Balaban J connectivity index is 2.02. The van der Waals surface area contributed by atoms with Gasteiger partial charge in [0.05, 0.1) is 0 Å². The lowest BCUT2D eigenvalue weighted by Gasteiger charge is -2.17. The molecule has 0 aromatic heterocycles. The van der Waals surface area contributed by atoms with Crippen LogP contribution in [0.3, 0.4) is 0 Å². The molecule has 106 valence electrons. The first-order valence-electron chi connectivity index (χ1n) is 7.02. The summed E-state index contributed by atoms with van der Waals surface area (Å²) in [5, 5.41) is 2.27. The van der Waals surface area contributed by atoms with E-state index in [9.17, 15) is 4.79 Å². The van der Waals surface area contributed by atoms with Crippen LogP contribution in [0.25, 0.3) is 10.8 Å². The van der Waals surface area contributed by atoms with Crippen LogP contribution in [0.2, 0.25) is 0 Å². The van der Waals surface area contributed by atoms with Crippen molar-refractivity contribution >= 4 is 28.3 Å². The number of benzene rings is 2. The third kappa shape index (κ3) is 3.73. The van der Waals surface area contributed by atoms with Crippen molar-refractivity contribution in [3.63, 3.8) is 0 Å². The van der Waals surface area contributed by atoms with Crippen molar-refractivity contribution in [2.24, 2.45) is 0 Å². The molecule has 2 nitrogen and oxygen atoms in total. The van der Waals surface area contributed by atoms with E-state index in [0.717, 1.165) is 42.1 Å². The quantitative estimate of drug-likeness (QED) is 0.573. The maximum Gasteiger partial charge on any atom is 0.253 e. The molecule has 0 unspecified atom stereocenters. The normalized spacial score (nSPS) is 10.7. The Morgan fingerprint density at radius 2 is 1.80 bits per heavy atom. The number of carbonyl (C=O) groups is 1. The molecule has 2 aromatic carbocycles. The third-order valence-corrected chi connectivity index (χ3v) is 3.74. The maximum atomic E-state index is 12.4. The zero-order valence-electron chi connectivity index (χ0n) is 11.8. The van der Waals surface area contributed by atoms with Crippen molar-refractivity contribution in [1.82, 2.24) is 4.90 Å². The summed E-state index contributed by atoms with van der Waals surface area (Å²) in [5.74, 6) is 0.782. The first-order chi connectivity index (χ1) is 9.72. The van der Waals surface area contributed by atoms with Gasteiger partial charge < -0.3 is 4.90 Å². The summed E-state index contributed by atoms with van der Waals surface area (Å²) in [5.41, 5.74) is 0.753. The number of hydrogen-bond donors (Lipinski definition) is 0. The lowest BCUT2D eigenvalue weighted by molar-refractivity contribution is 0.0793. The minimum Gasteiger partial charge on any atom is -0.342 e. The van der Waals surface area contributed by atoms with E-state index < -0.39 is 0 Å². The summed E-state index contributed by atoms with van der Waals surface area (Å²) in [7, 11) is 1.86. The fraction of sp³-hybridized carbons (Fsp3) is 0.353. The summed E-state index contributed by atoms with van der Waals surface area (Å²) in [6, 6.07) is 14.0. The van der Waals surface area contributed by atoms with Crippen LogP contribution in [-0.4, -0.2) is 30.3 Å². The predicted octanol–water partition coefficient (Wildman–Crippen LogP) is 4.32. The number of unbranched alkanes of at least 4 members (excludes halogenated alkanes) is 2. The van der Waals surface area contributed by atoms with Gasteiger partial charge in [-0.15, -0.1) is 11.6 Å². The second-order valence-electron chi connectivity index (χ2n) is 5.04. The van der Waals surface area contributed by atoms with E-state index in [1.807, 2.05) is 43.4 Å². The Bertz CT molecular complexity index is 582. The topological polar surface area (TPSA) is 20.3 Å². The van der Waals surface area contributed by atoms with E-state index in [0.29, 0.717) is 5.88 Å². The van der Waals surface area contributed by atoms with Gasteiger partial charge in [0.1, 0.15) is 0 Å². The van der Waals surface area contributed by atoms with E-state index in [4.69, 9.17) is 11.6 Å². The van der Waals surface area contributed by atoms with Crippen molar-refractivity contribution < 1.29 is 4.79 Å². The smallest absolute Gasteiger partial charge is 0.253 e. The van der Waals surface area contributed by atoms with Crippen molar-refractivity contribution in [2.75, 3.05) is 19.5 Å². The Kier molecular flexibility index (Phi) is 5.42. The van der Waals surface area contributed by atoms with Crippen LogP contribution in [-0.2, 0) is 0 Å². The van der Waals surface area contributed by atoms with Gasteiger partial charge >= 0.3 is 0 Å². The molecule has 2 aromatic rings. The largest absolute Gasteiger partial charge is 0.342 e. The molecule has 0 atom stereocenters. The number of amides is 1. The van der Waals surface area contributed by atoms with Gasteiger partial charge in [-0.2, -0.15) is 0 Å². The van der Waals surface area contributed by atoms with Crippen LogP contribution < -0.4 is 0 Å². The molecule has 0 saturated heterocycles. The molecule has 0 spiro atoms. The van der Waals surface area contributed by atoms with E-state index in [1.165, 1.54) is 0 Å². The van der Waals surface area contributed by atoms with Crippen molar-refractivity contribution in [3.8, 4) is 0 Å². The highest BCUT2D eigenvalue weighted by Crippen LogP contribution is 2.16. The van der Waals surface area contributed by atoms with Gasteiger partial charge in [0.2, 0.25) is 0 Å². The second kappa shape index (κ2) is 7.30. The molecule has 0 aliphatic rings. The second-order valence-corrected chi connectivity index (χ2v) is 5.42. The standard InChI is InChI=1S/C17H20ClNO/c1-19(12-6-2-5-11-18)17(20)16-10-9-14-7-3-4-8-15(14)13-16/h3-4,7-10,13H,2,5-6,11-12H2,1H3. The first-order valence-corrected chi connectivity index (χ1v) is 7.56. The Labute approximate surface area is 125 Å². The lowest BCUT2D eigenvalue weighted by Crippen LogP contribution is -2.27. The van der Waals surface area contributed by atoms with Gasteiger partial charge in [-0.05, 0) is 35.7 Å². The zero-order chi connectivity index (χ0) is 14.4. The fourth-order valence-electron chi connectivity index (χ4n) is 2.26. The molecule has 0 N–H and O–H groups in total. The van der Waals surface area contributed by atoms with Gasteiger partial charge in [0.25, 0.3) is 5.91 Å². The molecule has 1 amide bonds. The van der Waals surface area contributed by atoms with E-state index >= 15 is 0 Å². The minimum absolute atomic E-state index is 0.0848. The lowest BCUT2D eigenvalue weighted by atomic mass is 10.1. The number of hydrogen-bond acceptors (Lipinski definition) is 1. The number of nitrogens with zero attached hydrogens (tertiary/aromatic N) is 1. The zero-order valence-corrected chi connectivity index (χ0v) is 12.6. The van der Waals surface area contributed by atoms with Crippen molar-refractivity contribution in [1.29, 1.82) is 0 Å². The molecule has 0 saturated carbocycles. The maximum absolute atomic E-state index is 12.4. The van der Waals surface area contributed by atoms with Crippen LogP contribution >= 0.6 is 11.6 Å². The van der Waals surface area contributed by atoms with Crippen LogP contribution in [0.15, 0.2) is 42.5 Å². The van der Waals surface area contributed by atoms with Crippen LogP contribution in [0.4, 0.5) is 0 Å². The summed E-state index contributed by atoms with van der Waals surface area (Å²) in [4.78, 5) is 14.1. The molecule has 0 aliphatic heterocycles. The molecule has 2 rings (SSSR count). The third-order valence-electron chi connectivity index (χ3n) is 3.47. The molecular weight excluding hydrogens is 270 g/mol. The van der Waals surface area contributed by atoms with Gasteiger partial charge in [0, 0.05) is 25.0 Å². The predicted molar refractivity (Wildman–Crippen MR) is 85.5 cm³/mol. The van der Waals surface area contributed by atoms with Crippen LogP contribution in [0.5, 0.6) is 0 Å². The summed E-state index contributed by atoms with van der Waals surface area (Å²) < 4.78 is 0. The molecule has 3 heteroatoms. The van der Waals surface area contributed by atoms with E-state index in [1.54, 1.807) is 4.90 Å². The van der Waals surface area contributed by atoms with Gasteiger partial charge in [0.15, 0.2) is 0 Å². The SMILES string of the molecule is CN(CCCCCCl)C(=O)c1ccc2ccccc2c1. The van der Waals surface area contributed by atoms with E-state index in [2.05, 4.69) is 6.07 Å². The molecule has 20 heavy (non-hydrogen) atoms. The van der Waals surface area contributed by atoms with Gasteiger partial charge in [-0.1, -0.05) is 36.8 Å². The molecular formula is C17H20ClNO. The fourth-order valence-corrected chi connectivity index (χ4v) is 2.45. The number of halogens is 1. The molecule has 0 fully saturated rings. The average Bonchev–Trinajstić information content (AvgIpc) is 2.50. The van der Waals surface area contributed by atoms with Crippen LogP contribution in [0.1, 0.15) is 29.6 Å². The number of rotatable bonds is 6. The Morgan fingerprint density at radius 3 is 2.55 bits per heavy atom. The summed E-state index contributed by atoms with van der Waals surface area (Å²) in [6.45, 7) is 0.780. The highest BCUT2D eigenvalue weighted by Gasteiger charge is 2.11. The van der Waals surface area contributed by atoms with Crippen molar-refractivity contribution in [3.05, 3.63) is 48.0 Å². The first kappa shape index (κ1) is 14.9. The minimum atomic E-state index is 0.0848. The Morgan fingerprint density at radius 1 is 1.05 bits per heavy atom. The summed E-state index contributed by atoms with van der Waals surface area (Å²) in [6.07, 6.45) is 3.08. The highest BCUT2D eigenvalue weighted by atomic mass is 35.5. The molecule has 0 heterocycles. The molecule has 0 bridgehead atoms. The number of alkyl halides is 1. The van der Waals surface area contributed by atoms with Gasteiger partial charge in [-0.3, -0.25) is 4.79 Å². The monoisotopic (exact) mass is 289 g/mol. The molecule has 0 radical (unpaired) electrons. The summed E-state index contributed by atoms with van der Waals surface area (Å²) >= 11 is 5.65. The van der Waals surface area contributed by atoms with Crippen molar-refractivity contribution in [2.45, 2.75) is 19.3 Å². The van der Waals surface area contributed by atoms with E-state index in [-0.39, 0.29) is 5.91 Å². The number of carbonyl (C=O) groups excluding carboxylic acids is 1. The Hall–Kier alpha value is -1.54. The average molecular weight is 290 g/mol. The molecule has 0 aliphatic carbocycles. The number of fused-ring (bicyclic) bond motifs is 1. The highest BCUT2D eigenvalue weighted by molar-refractivity contribution is 6.17. The van der Waals surface area contributed by atoms with Gasteiger partial charge in [-0.25, -0.2) is 0 Å². The van der Waals surface area contributed by atoms with Crippen LogP contribution in [0, 0.1) is 0 Å².